The van der Waals surface area contributed by atoms with Gasteiger partial charge < -0.3 is 10.1 Å². The van der Waals surface area contributed by atoms with Crippen molar-refractivity contribution >= 4 is 17.7 Å². The highest BCUT2D eigenvalue weighted by Gasteiger charge is 2.11. The molecule has 7 heteroatoms. The smallest absolute Gasteiger partial charge is 0.230 e. The molecule has 0 radical (unpaired) electrons. The molecule has 0 bridgehead atoms. The van der Waals surface area contributed by atoms with Crippen molar-refractivity contribution in [3.05, 3.63) is 102 Å². The van der Waals surface area contributed by atoms with Crippen LogP contribution in [-0.4, -0.2) is 26.2 Å². The number of pyridine rings is 1. The van der Waals surface area contributed by atoms with Crippen LogP contribution in [0.4, 0.5) is 0 Å². The Morgan fingerprint density at radius 2 is 1.91 bits per heavy atom. The summed E-state index contributed by atoms with van der Waals surface area (Å²) in [5.41, 5.74) is 5.35. The van der Waals surface area contributed by atoms with E-state index in [2.05, 4.69) is 41.3 Å². The lowest BCUT2D eigenvalue weighted by molar-refractivity contribution is -0.118. The molecule has 0 saturated heterocycles. The summed E-state index contributed by atoms with van der Waals surface area (Å²) in [5, 5.41) is 3.77. The normalized spacial score (nSPS) is 10.7. The molecular formula is C26H26N4O2S. The molecule has 0 saturated carbocycles. The molecule has 2 aromatic carbocycles. The zero-order valence-corrected chi connectivity index (χ0v) is 19.5. The molecule has 0 aliphatic heterocycles. The number of nitrogens with one attached hydrogen (secondary N) is 1. The monoisotopic (exact) mass is 458 g/mol. The van der Waals surface area contributed by atoms with Gasteiger partial charge in [0.2, 0.25) is 5.91 Å². The van der Waals surface area contributed by atoms with Crippen molar-refractivity contribution in [3.63, 3.8) is 0 Å². The zero-order valence-electron chi connectivity index (χ0n) is 18.7. The van der Waals surface area contributed by atoms with E-state index in [1.165, 1.54) is 22.9 Å². The van der Waals surface area contributed by atoms with Crippen molar-refractivity contribution in [2.24, 2.45) is 0 Å². The van der Waals surface area contributed by atoms with Gasteiger partial charge in [-0.05, 0) is 60.9 Å². The zero-order chi connectivity index (χ0) is 23.0. The maximum atomic E-state index is 12.5. The molecule has 2 aromatic heterocycles. The van der Waals surface area contributed by atoms with Gasteiger partial charge in [-0.25, -0.2) is 4.98 Å². The van der Waals surface area contributed by atoms with Gasteiger partial charge in [0, 0.05) is 25.1 Å². The van der Waals surface area contributed by atoms with Gasteiger partial charge in [-0.3, -0.25) is 14.3 Å². The van der Waals surface area contributed by atoms with Crippen molar-refractivity contribution in [1.29, 1.82) is 0 Å². The molecule has 0 fully saturated rings. The Balaban J connectivity index is 1.29. The van der Waals surface area contributed by atoms with E-state index in [1.807, 2.05) is 59.3 Å². The Kier molecular flexibility index (Phi) is 7.42. The first kappa shape index (κ1) is 22.6. The van der Waals surface area contributed by atoms with E-state index < -0.39 is 0 Å². The van der Waals surface area contributed by atoms with Crippen molar-refractivity contribution in [1.82, 2.24) is 19.9 Å². The molecule has 0 spiro atoms. The van der Waals surface area contributed by atoms with E-state index in [4.69, 9.17) is 4.74 Å². The van der Waals surface area contributed by atoms with E-state index in [0.29, 0.717) is 13.2 Å². The average Bonchev–Trinajstić information content (AvgIpc) is 3.31. The van der Waals surface area contributed by atoms with Crippen LogP contribution in [-0.2, 0) is 17.9 Å². The van der Waals surface area contributed by atoms with Gasteiger partial charge >= 0.3 is 0 Å². The maximum absolute atomic E-state index is 12.5. The Bertz CT molecular complexity index is 1220. The van der Waals surface area contributed by atoms with Crippen molar-refractivity contribution in [2.75, 3.05) is 5.75 Å². The fourth-order valence-corrected chi connectivity index (χ4v) is 4.14. The van der Waals surface area contributed by atoms with Crippen LogP contribution in [0.5, 0.6) is 5.75 Å². The molecule has 4 aromatic rings. The first-order chi connectivity index (χ1) is 16.1. The summed E-state index contributed by atoms with van der Waals surface area (Å²) in [6, 6.07) is 19.7. The number of ether oxygens (including phenoxy) is 1. The first-order valence-corrected chi connectivity index (χ1v) is 11.7. The predicted molar refractivity (Wildman–Crippen MR) is 131 cm³/mol. The minimum Gasteiger partial charge on any atom is -0.487 e. The molecule has 0 unspecified atom stereocenters. The van der Waals surface area contributed by atoms with Crippen LogP contribution in [0.25, 0.3) is 5.69 Å². The second-order valence-electron chi connectivity index (χ2n) is 7.62. The fourth-order valence-electron chi connectivity index (χ4n) is 3.34. The Hall–Kier alpha value is -3.58. The summed E-state index contributed by atoms with van der Waals surface area (Å²) in [6.07, 6.45) is 5.44. The van der Waals surface area contributed by atoms with Crippen LogP contribution in [0.3, 0.4) is 0 Å². The number of hydrogen-bond acceptors (Lipinski definition) is 5. The molecule has 0 aliphatic carbocycles. The van der Waals surface area contributed by atoms with Crippen LogP contribution in [0.2, 0.25) is 0 Å². The SMILES string of the molecule is Cc1cccc(-n2ccnc2SCC(=O)NCc2cccc(OCc3ccccn3)c2)c1C. The molecular weight excluding hydrogens is 432 g/mol. The van der Waals surface area contributed by atoms with E-state index in [9.17, 15) is 4.79 Å². The van der Waals surface area contributed by atoms with Crippen molar-refractivity contribution in [3.8, 4) is 11.4 Å². The van der Waals surface area contributed by atoms with Crippen LogP contribution in [0, 0.1) is 13.8 Å². The summed E-state index contributed by atoms with van der Waals surface area (Å²) in [6.45, 7) is 5.03. The molecule has 0 aliphatic rings. The number of rotatable bonds is 9. The summed E-state index contributed by atoms with van der Waals surface area (Å²) in [4.78, 5) is 21.2. The minimum absolute atomic E-state index is 0.0460. The second-order valence-corrected chi connectivity index (χ2v) is 8.56. The number of thioether (sulfide) groups is 1. The van der Waals surface area contributed by atoms with Gasteiger partial charge in [0.25, 0.3) is 0 Å². The number of amides is 1. The van der Waals surface area contributed by atoms with Crippen LogP contribution < -0.4 is 10.1 Å². The van der Waals surface area contributed by atoms with Crippen LogP contribution in [0.15, 0.2) is 84.4 Å². The number of hydrogen-bond donors (Lipinski definition) is 1. The lowest BCUT2D eigenvalue weighted by atomic mass is 10.1. The lowest BCUT2D eigenvalue weighted by Gasteiger charge is -2.12. The van der Waals surface area contributed by atoms with Crippen LogP contribution >= 0.6 is 11.8 Å². The maximum Gasteiger partial charge on any atom is 0.230 e. The minimum atomic E-state index is -0.0460. The Morgan fingerprint density at radius 1 is 1.03 bits per heavy atom. The van der Waals surface area contributed by atoms with Gasteiger partial charge in [-0.2, -0.15) is 0 Å². The molecule has 33 heavy (non-hydrogen) atoms. The van der Waals surface area contributed by atoms with Gasteiger partial charge in [0.15, 0.2) is 5.16 Å². The number of aromatic nitrogens is 3. The highest BCUT2D eigenvalue weighted by Crippen LogP contribution is 2.24. The van der Waals surface area contributed by atoms with E-state index in [1.54, 1.807) is 12.4 Å². The standard InChI is InChI=1S/C26H26N4O2S/c1-19-7-5-11-24(20(19)2)30-14-13-28-26(30)33-18-25(31)29-16-21-8-6-10-23(15-21)32-17-22-9-3-4-12-27-22/h3-15H,16-18H2,1-2H3,(H,29,31). The number of imidazole rings is 1. The summed E-state index contributed by atoms with van der Waals surface area (Å²) in [5.74, 6) is 0.991. The largest absolute Gasteiger partial charge is 0.487 e. The first-order valence-electron chi connectivity index (χ1n) is 10.7. The summed E-state index contributed by atoms with van der Waals surface area (Å²) >= 11 is 1.42. The Labute approximate surface area is 198 Å². The molecule has 0 atom stereocenters. The predicted octanol–water partition coefficient (Wildman–Crippen LogP) is 4.87. The van der Waals surface area contributed by atoms with E-state index in [-0.39, 0.29) is 11.7 Å². The number of carbonyl (C=O) groups excluding carboxylic acids is 1. The molecule has 1 N–H and O–H groups in total. The van der Waals surface area contributed by atoms with Crippen LogP contribution in [0.1, 0.15) is 22.4 Å². The number of nitrogens with zero attached hydrogens (tertiary/aromatic N) is 3. The molecule has 2 heterocycles. The fraction of sp³-hybridized carbons (Fsp3) is 0.192. The topological polar surface area (TPSA) is 69.0 Å². The van der Waals surface area contributed by atoms with E-state index in [0.717, 1.165) is 27.9 Å². The molecule has 168 valence electrons. The summed E-state index contributed by atoms with van der Waals surface area (Å²) < 4.78 is 7.85. The van der Waals surface area contributed by atoms with Gasteiger partial charge in [-0.1, -0.05) is 42.1 Å². The van der Waals surface area contributed by atoms with Gasteiger partial charge in [0.1, 0.15) is 12.4 Å². The number of aryl methyl sites for hydroxylation is 1. The second kappa shape index (κ2) is 10.8. The quantitative estimate of drug-likeness (QED) is 0.362. The van der Waals surface area contributed by atoms with Gasteiger partial charge in [0.05, 0.1) is 17.1 Å². The lowest BCUT2D eigenvalue weighted by Crippen LogP contribution is -2.24. The highest BCUT2D eigenvalue weighted by atomic mass is 32.2. The number of carbonyl (C=O) groups is 1. The third-order valence-corrected chi connectivity index (χ3v) is 6.24. The molecule has 1 amide bonds. The third-order valence-electron chi connectivity index (χ3n) is 5.28. The molecule has 6 nitrogen and oxygen atoms in total. The molecule has 4 rings (SSSR count). The van der Waals surface area contributed by atoms with Crippen molar-refractivity contribution < 1.29 is 9.53 Å². The highest BCUT2D eigenvalue weighted by molar-refractivity contribution is 7.99. The summed E-state index contributed by atoms with van der Waals surface area (Å²) in [7, 11) is 0. The number of benzene rings is 2. The Morgan fingerprint density at radius 3 is 2.76 bits per heavy atom. The van der Waals surface area contributed by atoms with Crippen molar-refractivity contribution in [2.45, 2.75) is 32.2 Å². The third kappa shape index (κ3) is 6.02. The average molecular weight is 459 g/mol. The van der Waals surface area contributed by atoms with Gasteiger partial charge in [-0.15, -0.1) is 0 Å². The van der Waals surface area contributed by atoms with E-state index >= 15 is 0 Å².